The summed E-state index contributed by atoms with van der Waals surface area (Å²) < 4.78 is 6.68. The number of allylic oxidation sites excluding steroid dienone is 1. The van der Waals surface area contributed by atoms with Gasteiger partial charge >= 0.3 is 6.03 Å². The molecule has 0 unspecified atom stereocenters. The molecule has 12 nitrogen and oxygen atoms in total. The molecule has 1 saturated carbocycles. The number of hydrogen-bond acceptors (Lipinski definition) is 9. The van der Waals surface area contributed by atoms with Gasteiger partial charge in [-0.15, -0.1) is 0 Å². The Morgan fingerprint density at radius 1 is 1.14 bits per heavy atom. The number of carbonyl (C=O) groups is 2. The fourth-order valence-electron chi connectivity index (χ4n) is 8.62. The number of urea groups is 1. The third-order valence-corrected chi connectivity index (χ3v) is 10.8. The Kier molecular flexibility index (Phi) is 12.9. The standard InChI is InChI=1S/C39H60N4O8/c1-5-18-43(37(48)40-17-11-20-42-19-10-14-34(42)47)33-25-31(41-51-38(2,3)4)29-23-26(12-6-8-21-44)28(13-7-9-22-45)35-30-24-27(46)15-16-32(30)50-39(33,49)36(29)35/h15-16,23-24,26,28,33,35-36,44-46,49H,5-14,17-22,25H2,1-4H3,(H,40,48)/t26-,28+,33-,35+,36+,39+/m0/s1. The number of nitrogens with one attached hydrogen (secondary N) is 1. The molecular formula is C39H60N4O8. The fourth-order valence-corrected chi connectivity index (χ4v) is 8.62. The molecule has 0 bridgehead atoms. The van der Waals surface area contributed by atoms with Gasteiger partial charge in [-0.05, 0) is 101 Å². The molecule has 284 valence electrons. The van der Waals surface area contributed by atoms with Gasteiger partial charge in [-0.25, -0.2) is 4.79 Å². The van der Waals surface area contributed by atoms with Gasteiger partial charge in [-0.3, -0.25) is 4.79 Å². The number of phenols is 1. The van der Waals surface area contributed by atoms with Gasteiger partial charge in [0.1, 0.15) is 23.1 Å². The second-order valence-electron chi connectivity index (χ2n) is 15.7. The molecule has 1 saturated heterocycles. The second-order valence-corrected chi connectivity index (χ2v) is 15.7. The zero-order valence-electron chi connectivity index (χ0n) is 31.0. The maximum absolute atomic E-state index is 14.1. The van der Waals surface area contributed by atoms with E-state index in [0.717, 1.165) is 49.8 Å². The van der Waals surface area contributed by atoms with Crippen LogP contribution in [0.5, 0.6) is 11.5 Å². The minimum atomic E-state index is -1.83. The number of amides is 3. The molecule has 5 rings (SSSR count). The van der Waals surface area contributed by atoms with E-state index < -0.39 is 23.3 Å². The van der Waals surface area contributed by atoms with E-state index in [-0.39, 0.29) is 55.1 Å². The van der Waals surface area contributed by atoms with Crippen LogP contribution in [0, 0.1) is 17.8 Å². The molecule has 12 heteroatoms. The molecule has 6 atom stereocenters. The van der Waals surface area contributed by atoms with E-state index in [4.69, 9.17) is 14.7 Å². The number of benzene rings is 1. The Morgan fingerprint density at radius 2 is 1.88 bits per heavy atom. The smallest absolute Gasteiger partial charge is 0.317 e. The van der Waals surface area contributed by atoms with E-state index in [1.807, 2.05) is 32.6 Å². The molecule has 1 aromatic rings. The van der Waals surface area contributed by atoms with Crippen molar-refractivity contribution in [1.29, 1.82) is 0 Å². The highest BCUT2D eigenvalue weighted by molar-refractivity contribution is 6.03. The largest absolute Gasteiger partial charge is 0.508 e. The fraction of sp³-hybridized carbons (Fsp3) is 0.718. The Balaban J connectivity index is 1.58. The van der Waals surface area contributed by atoms with E-state index in [1.165, 1.54) is 0 Å². The molecule has 51 heavy (non-hydrogen) atoms. The van der Waals surface area contributed by atoms with Crippen molar-refractivity contribution in [2.75, 3.05) is 39.4 Å². The van der Waals surface area contributed by atoms with Crippen LogP contribution in [0.3, 0.4) is 0 Å². The van der Waals surface area contributed by atoms with Crippen molar-refractivity contribution < 1.29 is 39.6 Å². The average molecular weight is 713 g/mol. The Labute approximate surface area is 302 Å². The van der Waals surface area contributed by atoms with Gasteiger partial charge in [-0.1, -0.05) is 31.0 Å². The number of likely N-dealkylation sites (tertiary alicyclic amines) is 1. The lowest BCUT2D eigenvalue weighted by atomic mass is 9.55. The van der Waals surface area contributed by atoms with Crippen LogP contribution >= 0.6 is 0 Å². The van der Waals surface area contributed by atoms with Crippen molar-refractivity contribution in [1.82, 2.24) is 15.1 Å². The number of oxime groups is 1. The van der Waals surface area contributed by atoms with E-state index >= 15 is 0 Å². The van der Waals surface area contributed by atoms with E-state index in [9.17, 15) is 30.0 Å². The molecule has 2 heterocycles. The van der Waals surface area contributed by atoms with Gasteiger partial charge in [0.25, 0.3) is 0 Å². The molecule has 0 aromatic heterocycles. The summed E-state index contributed by atoms with van der Waals surface area (Å²) in [7, 11) is 0. The maximum atomic E-state index is 14.1. The van der Waals surface area contributed by atoms with Crippen LogP contribution < -0.4 is 10.1 Å². The van der Waals surface area contributed by atoms with Gasteiger partial charge in [-0.2, -0.15) is 0 Å². The number of aromatic hydroxyl groups is 1. The van der Waals surface area contributed by atoms with Crippen LogP contribution in [0.15, 0.2) is 35.0 Å². The number of phenolic OH excluding ortho intramolecular Hbond substituents is 1. The molecule has 2 aliphatic heterocycles. The Bertz CT molecular complexity index is 1430. The van der Waals surface area contributed by atoms with Crippen molar-refractivity contribution in [2.24, 2.45) is 22.9 Å². The monoisotopic (exact) mass is 712 g/mol. The first-order valence-corrected chi connectivity index (χ1v) is 19.2. The highest BCUT2D eigenvalue weighted by atomic mass is 16.6. The minimum absolute atomic E-state index is 0.0188. The van der Waals surface area contributed by atoms with Crippen molar-refractivity contribution in [3.63, 3.8) is 0 Å². The highest BCUT2D eigenvalue weighted by Crippen LogP contribution is 2.60. The van der Waals surface area contributed by atoms with Gasteiger partial charge in [0.05, 0.1) is 11.6 Å². The summed E-state index contributed by atoms with van der Waals surface area (Å²) in [5.41, 5.74) is 1.70. The number of aliphatic hydroxyl groups excluding tert-OH is 2. The summed E-state index contributed by atoms with van der Waals surface area (Å²) >= 11 is 0. The summed E-state index contributed by atoms with van der Waals surface area (Å²) in [6.07, 6.45) is 9.63. The summed E-state index contributed by atoms with van der Waals surface area (Å²) in [6, 6.07) is 3.86. The zero-order chi connectivity index (χ0) is 36.8. The number of aliphatic hydroxyl groups is 3. The molecule has 2 aliphatic carbocycles. The number of carbonyl (C=O) groups excluding carboxylic acids is 2. The van der Waals surface area contributed by atoms with Crippen molar-refractivity contribution in [3.8, 4) is 11.5 Å². The Hall–Kier alpha value is -3.35. The zero-order valence-corrected chi connectivity index (χ0v) is 31.0. The Morgan fingerprint density at radius 3 is 2.55 bits per heavy atom. The predicted octanol–water partition coefficient (Wildman–Crippen LogP) is 5.05. The average Bonchev–Trinajstić information content (AvgIpc) is 3.50. The van der Waals surface area contributed by atoms with E-state index in [0.29, 0.717) is 63.2 Å². The molecule has 0 spiro atoms. The topological polar surface area (TPSA) is 164 Å². The number of unbranched alkanes of at least 4 members (excludes halogenated alkanes) is 2. The van der Waals surface area contributed by atoms with Crippen LogP contribution in [0.2, 0.25) is 0 Å². The number of ether oxygens (including phenoxy) is 1. The van der Waals surface area contributed by atoms with Crippen LogP contribution in [-0.4, -0.2) is 105 Å². The molecular weight excluding hydrogens is 652 g/mol. The van der Waals surface area contributed by atoms with Gasteiger partial charge < -0.3 is 45.1 Å². The molecule has 1 aromatic carbocycles. The molecule has 2 fully saturated rings. The number of hydrogen-bond donors (Lipinski definition) is 5. The summed E-state index contributed by atoms with van der Waals surface area (Å²) in [4.78, 5) is 35.8. The maximum Gasteiger partial charge on any atom is 0.317 e. The first-order chi connectivity index (χ1) is 24.4. The molecule has 5 N–H and O–H groups in total. The number of fused-ring (bicyclic) bond motifs is 2. The van der Waals surface area contributed by atoms with Crippen molar-refractivity contribution in [2.45, 2.75) is 122 Å². The minimum Gasteiger partial charge on any atom is -0.508 e. The van der Waals surface area contributed by atoms with Crippen LogP contribution in [0.1, 0.15) is 110 Å². The van der Waals surface area contributed by atoms with Crippen LogP contribution in [0.25, 0.3) is 0 Å². The number of rotatable bonds is 16. The molecule has 4 aliphatic rings. The third-order valence-electron chi connectivity index (χ3n) is 10.8. The lowest BCUT2D eigenvalue weighted by molar-refractivity contribution is -0.228. The van der Waals surface area contributed by atoms with Crippen LogP contribution in [0.4, 0.5) is 4.79 Å². The first-order valence-electron chi connectivity index (χ1n) is 19.2. The summed E-state index contributed by atoms with van der Waals surface area (Å²) in [5, 5.41) is 51.1. The number of nitrogens with zero attached hydrogens (tertiary/aromatic N) is 3. The van der Waals surface area contributed by atoms with Crippen LogP contribution in [-0.2, 0) is 9.63 Å². The van der Waals surface area contributed by atoms with Crippen molar-refractivity contribution in [3.05, 3.63) is 35.4 Å². The quantitative estimate of drug-likeness (QED) is 0.117. The highest BCUT2D eigenvalue weighted by Gasteiger charge is 2.64. The van der Waals surface area contributed by atoms with Gasteiger partial charge in [0.15, 0.2) is 0 Å². The summed E-state index contributed by atoms with van der Waals surface area (Å²) in [5.74, 6) is -1.94. The predicted molar refractivity (Wildman–Crippen MR) is 194 cm³/mol. The van der Waals surface area contributed by atoms with E-state index in [1.54, 1.807) is 23.1 Å². The third kappa shape index (κ3) is 8.83. The van der Waals surface area contributed by atoms with Gasteiger partial charge in [0.2, 0.25) is 11.7 Å². The van der Waals surface area contributed by atoms with E-state index in [2.05, 4.69) is 11.4 Å². The first kappa shape index (κ1) is 38.9. The molecule has 3 amide bonds. The lowest BCUT2D eigenvalue weighted by Gasteiger charge is -2.58. The SMILES string of the molecule is CCCN(C(=O)NCCCN1CCCC1=O)[C@H]1CC(=NOC(C)(C)C)C2=C[C@H](CCCCO)[C@@H](CCCCO)[C@@H]3c4cc(O)ccc4O[C@@]1(O)[C@H]23. The summed E-state index contributed by atoms with van der Waals surface area (Å²) in [6.45, 7) is 10.0. The van der Waals surface area contributed by atoms with Crippen molar-refractivity contribution >= 4 is 17.6 Å². The second kappa shape index (κ2) is 17.0. The van der Waals surface area contributed by atoms with Gasteiger partial charge in [0, 0.05) is 63.7 Å². The normalized spacial score (nSPS) is 27.8. The molecule has 0 radical (unpaired) electrons. The lowest BCUT2D eigenvalue weighted by Crippen LogP contribution is -2.69.